The van der Waals surface area contributed by atoms with Crippen LogP contribution in [0.2, 0.25) is 0 Å². The summed E-state index contributed by atoms with van der Waals surface area (Å²) >= 11 is 3.46. The van der Waals surface area contributed by atoms with E-state index in [-0.39, 0.29) is 6.04 Å². The molecule has 20 heavy (non-hydrogen) atoms. The summed E-state index contributed by atoms with van der Waals surface area (Å²) in [4.78, 5) is 8.69. The second-order valence-corrected chi connectivity index (χ2v) is 5.49. The lowest BCUT2D eigenvalue weighted by Crippen LogP contribution is -2.10. The molecule has 2 N–H and O–H groups in total. The predicted octanol–water partition coefficient (Wildman–Crippen LogP) is 4.14. The van der Waals surface area contributed by atoms with Gasteiger partial charge in [-0.3, -0.25) is 0 Å². The summed E-state index contributed by atoms with van der Waals surface area (Å²) < 4.78 is 6.44. The van der Waals surface area contributed by atoms with Gasteiger partial charge in [-0.15, -0.1) is 0 Å². The van der Waals surface area contributed by atoms with Crippen LogP contribution in [0.25, 0.3) is 0 Å². The highest BCUT2D eigenvalue weighted by Gasteiger charge is 2.12. The third-order valence-corrected chi connectivity index (χ3v) is 3.40. The van der Waals surface area contributed by atoms with Crippen molar-refractivity contribution in [3.05, 3.63) is 34.3 Å². The first-order valence-corrected chi connectivity index (χ1v) is 7.48. The third-order valence-electron chi connectivity index (χ3n) is 2.82. The van der Waals surface area contributed by atoms with Gasteiger partial charge in [0.25, 0.3) is 0 Å². The number of aryl methyl sites for hydroxylation is 1. The SMILES string of the molecule is CCCNc1ncc(Br)c(NC(C)c2ccc(C)o2)n1. The van der Waals surface area contributed by atoms with Crippen molar-refractivity contribution in [3.8, 4) is 0 Å². The van der Waals surface area contributed by atoms with Crippen LogP contribution in [0.5, 0.6) is 0 Å². The van der Waals surface area contributed by atoms with Gasteiger partial charge in [-0.1, -0.05) is 6.92 Å². The van der Waals surface area contributed by atoms with Gasteiger partial charge in [0.2, 0.25) is 5.95 Å². The fraction of sp³-hybridized carbons (Fsp3) is 0.429. The smallest absolute Gasteiger partial charge is 0.224 e. The monoisotopic (exact) mass is 338 g/mol. The molecule has 0 bridgehead atoms. The fourth-order valence-corrected chi connectivity index (χ4v) is 2.06. The van der Waals surface area contributed by atoms with E-state index in [0.29, 0.717) is 5.95 Å². The number of furan rings is 1. The van der Waals surface area contributed by atoms with Crippen LogP contribution in [0.4, 0.5) is 11.8 Å². The van der Waals surface area contributed by atoms with E-state index in [9.17, 15) is 0 Å². The van der Waals surface area contributed by atoms with E-state index in [1.807, 2.05) is 26.0 Å². The first-order chi connectivity index (χ1) is 9.60. The molecule has 2 aromatic heterocycles. The molecule has 0 saturated carbocycles. The Balaban J connectivity index is 2.11. The van der Waals surface area contributed by atoms with Crippen LogP contribution in [-0.4, -0.2) is 16.5 Å². The predicted molar refractivity (Wildman–Crippen MR) is 84.0 cm³/mol. The van der Waals surface area contributed by atoms with Crippen LogP contribution in [0.1, 0.15) is 37.8 Å². The molecule has 0 saturated heterocycles. The van der Waals surface area contributed by atoms with Gasteiger partial charge in [0.05, 0.1) is 10.5 Å². The Bertz CT molecular complexity index is 570. The Hall–Kier alpha value is -1.56. The number of hydrogen-bond acceptors (Lipinski definition) is 5. The van der Waals surface area contributed by atoms with Gasteiger partial charge in [0.15, 0.2) is 0 Å². The van der Waals surface area contributed by atoms with Gasteiger partial charge in [0, 0.05) is 12.7 Å². The van der Waals surface area contributed by atoms with Crippen LogP contribution >= 0.6 is 15.9 Å². The maximum atomic E-state index is 5.62. The molecule has 0 fully saturated rings. The van der Waals surface area contributed by atoms with Gasteiger partial charge in [-0.05, 0) is 48.3 Å². The average Bonchev–Trinajstić information content (AvgIpc) is 2.86. The standard InChI is InChI=1S/C14H19BrN4O/c1-4-7-16-14-17-8-11(15)13(19-14)18-10(3)12-6-5-9(2)20-12/h5-6,8,10H,4,7H2,1-3H3,(H2,16,17,18,19). The number of aromatic nitrogens is 2. The van der Waals surface area contributed by atoms with Crippen LogP contribution < -0.4 is 10.6 Å². The van der Waals surface area contributed by atoms with E-state index in [4.69, 9.17) is 4.42 Å². The lowest BCUT2D eigenvalue weighted by molar-refractivity contribution is 0.466. The van der Waals surface area contributed by atoms with Crippen molar-refractivity contribution in [2.75, 3.05) is 17.2 Å². The number of nitrogens with one attached hydrogen (secondary N) is 2. The summed E-state index contributed by atoms with van der Waals surface area (Å²) in [5, 5.41) is 6.50. The molecule has 1 atom stereocenters. The molecule has 5 nitrogen and oxygen atoms in total. The molecule has 0 spiro atoms. The zero-order valence-corrected chi connectivity index (χ0v) is 13.5. The van der Waals surface area contributed by atoms with E-state index in [0.717, 1.165) is 34.8 Å². The molecule has 2 heterocycles. The summed E-state index contributed by atoms with van der Waals surface area (Å²) in [5.74, 6) is 3.16. The second kappa shape index (κ2) is 6.74. The molecule has 0 aliphatic rings. The highest BCUT2D eigenvalue weighted by atomic mass is 79.9. The first-order valence-electron chi connectivity index (χ1n) is 6.69. The Morgan fingerprint density at radius 3 is 2.85 bits per heavy atom. The highest BCUT2D eigenvalue weighted by Crippen LogP contribution is 2.25. The second-order valence-electron chi connectivity index (χ2n) is 4.63. The van der Waals surface area contributed by atoms with Crippen LogP contribution in [-0.2, 0) is 0 Å². The highest BCUT2D eigenvalue weighted by molar-refractivity contribution is 9.10. The van der Waals surface area contributed by atoms with Gasteiger partial charge in [-0.25, -0.2) is 4.98 Å². The molecule has 1 unspecified atom stereocenters. The normalized spacial score (nSPS) is 12.2. The molecular weight excluding hydrogens is 320 g/mol. The number of halogens is 1. The minimum Gasteiger partial charge on any atom is -0.464 e. The van der Waals surface area contributed by atoms with Crippen molar-refractivity contribution >= 4 is 27.7 Å². The van der Waals surface area contributed by atoms with E-state index in [1.165, 1.54) is 0 Å². The van der Waals surface area contributed by atoms with Crippen molar-refractivity contribution in [1.82, 2.24) is 9.97 Å². The Morgan fingerprint density at radius 2 is 2.20 bits per heavy atom. The number of rotatable bonds is 6. The lowest BCUT2D eigenvalue weighted by Gasteiger charge is -2.14. The molecule has 0 aliphatic carbocycles. The fourth-order valence-electron chi connectivity index (χ4n) is 1.75. The summed E-state index contributed by atoms with van der Waals surface area (Å²) in [6.07, 6.45) is 2.78. The van der Waals surface area contributed by atoms with Crippen LogP contribution in [0, 0.1) is 6.92 Å². The Labute approximate surface area is 127 Å². The van der Waals surface area contributed by atoms with E-state index < -0.39 is 0 Å². The molecule has 108 valence electrons. The summed E-state index contributed by atoms with van der Waals surface area (Å²) in [6, 6.07) is 3.96. The van der Waals surface area contributed by atoms with Crippen LogP contribution in [0.15, 0.2) is 27.2 Å². The lowest BCUT2D eigenvalue weighted by atomic mass is 10.2. The molecule has 0 aliphatic heterocycles. The Kier molecular flexibility index (Phi) is 5.00. The van der Waals surface area contributed by atoms with Gasteiger partial charge >= 0.3 is 0 Å². The zero-order chi connectivity index (χ0) is 14.5. The molecular formula is C14H19BrN4O. The molecule has 2 rings (SSSR count). The van der Waals surface area contributed by atoms with Crippen molar-refractivity contribution < 1.29 is 4.42 Å². The first kappa shape index (κ1) is 14.8. The molecule has 2 aromatic rings. The summed E-state index contributed by atoms with van der Waals surface area (Å²) in [6.45, 7) is 6.93. The van der Waals surface area contributed by atoms with Crippen molar-refractivity contribution in [1.29, 1.82) is 0 Å². The molecule has 0 radical (unpaired) electrons. The van der Waals surface area contributed by atoms with Crippen molar-refractivity contribution in [2.24, 2.45) is 0 Å². The average molecular weight is 339 g/mol. The topological polar surface area (TPSA) is 63.0 Å². The minimum atomic E-state index is 0.0360. The maximum Gasteiger partial charge on any atom is 0.224 e. The largest absolute Gasteiger partial charge is 0.464 e. The molecule has 0 amide bonds. The molecule has 0 aromatic carbocycles. The van der Waals surface area contributed by atoms with E-state index >= 15 is 0 Å². The molecule has 6 heteroatoms. The summed E-state index contributed by atoms with van der Waals surface area (Å²) in [7, 11) is 0. The van der Waals surface area contributed by atoms with Crippen molar-refractivity contribution in [3.63, 3.8) is 0 Å². The third kappa shape index (κ3) is 3.72. The van der Waals surface area contributed by atoms with Crippen molar-refractivity contribution in [2.45, 2.75) is 33.2 Å². The number of anilines is 2. The van der Waals surface area contributed by atoms with E-state index in [2.05, 4.69) is 43.5 Å². The van der Waals surface area contributed by atoms with E-state index in [1.54, 1.807) is 6.20 Å². The van der Waals surface area contributed by atoms with Gasteiger partial charge < -0.3 is 15.1 Å². The maximum absolute atomic E-state index is 5.62. The number of nitrogens with zero attached hydrogens (tertiary/aromatic N) is 2. The van der Waals surface area contributed by atoms with Gasteiger partial charge in [-0.2, -0.15) is 4.98 Å². The number of hydrogen-bond donors (Lipinski definition) is 2. The quantitative estimate of drug-likeness (QED) is 0.828. The minimum absolute atomic E-state index is 0.0360. The summed E-state index contributed by atoms with van der Waals surface area (Å²) in [5.41, 5.74) is 0. The van der Waals surface area contributed by atoms with Crippen LogP contribution in [0.3, 0.4) is 0 Å². The van der Waals surface area contributed by atoms with Gasteiger partial charge in [0.1, 0.15) is 17.3 Å². The Morgan fingerprint density at radius 1 is 1.40 bits per heavy atom. The zero-order valence-electron chi connectivity index (χ0n) is 11.9.